The second kappa shape index (κ2) is 6.35. The van der Waals surface area contributed by atoms with Crippen molar-refractivity contribution in [2.75, 3.05) is 18.1 Å². The van der Waals surface area contributed by atoms with Gasteiger partial charge in [0.25, 0.3) is 0 Å². The van der Waals surface area contributed by atoms with Gasteiger partial charge in [-0.05, 0) is 39.2 Å². The van der Waals surface area contributed by atoms with E-state index in [9.17, 15) is 14.7 Å². The van der Waals surface area contributed by atoms with Crippen molar-refractivity contribution in [3.8, 4) is 0 Å². The second-order valence-electron chi connectivity index (χ2n) is 5.74. The van der Waals surface area contributed by atoms with Crippen LogP contribution in [0, 0.1) is 13.8 Å². The minimum atomic E-state index is -0.851. The minimum absolute atomic E-state index is 0.303. The third kappa shape index (κ3) is 2.71. The predicted octanol–water partition coefficient (Wildman–Crippen LogP) is 2.54. The number of ether oxygens (including phenoxy) is 1. The summed E-state index contributed by atoms with van der Waals surface area (Å²) in [7, 11) is 0. The van der Waals surface area contributed by atoms with Crippen LogP contribution in [-0.2, 0) is 9.53 Å². The van der Waals surface area contributed by atoms with E-state index in [0.29, 0.717) is 40.9 Å². The third-order valence-corrected chi connectivity index (χ3v) is 5.32. The predicted molar refractivity (Wildman–Crippen MR) is 90.8 cm³/mol. The Kier molecular flexibility index (Phi) is 4.40. The van der Waals surface area contributed by atoms with Crippen molar-refractivity contribution >= 4 is 39.3 Å². The molecule has 24 heavy (non-hydrogen) atoms. The number of aryl methyl sites for hydroxylation is 2. The Balaban J connectivity index is 2.17. The van der Waals surface area contributed by atoms with E-state index >= 15 is 0 Å². The Labute approximate surface area is 143 Å². The van der Waals surface area contributed by atoms with Crippen LogP contribution in [0.1, 0.15) is 40.8 Å². The molecule has 3 rings (SSSR count). The molecule has 1 atom stereocenters. The van der Waals surface area contributed by atoms with Crippen molar-refractivity contribution in [1.29, 1.82) is 0 Å². The molecule has 2 aromatic heterocycles. The van der Waals surface area contributed by atoms with Crippen molar-refractivity contribution < 1.29 is 19.4 Å². The molecule has 7 nitrogen and oxygen atoms in total. The molecule has 0 bridgehead atoms. The number of thiophene rings is 1. The van der Waals surface area contributed by atoms with Gasteiger partial charge in [-0.1, -0.05) is 0 Å². The molecule has 1 aliphatic rings. The number of aromatic nitrogens is 2. The van der Waals surface area contributed by atoms with Crippen LogP contribution in [-0.4, -0.2) is 46.2 Å². The lowest BCUT2D eigenvalue weighted by Crippen LogP contribution is -2.36. The summed E-state index contributed by atoms with van der Waals surface area (Å²) < 4.78 is 5.11. The highest BCUT2D eigenvalue weighted by atomic mass is 32.1. The lowest BCUT2D eigenvalue weighted by Gasteiger charge is -2.23. The zero-order valence-corrected chi connectivity index (χ0v) is 14.6. The van der Waals surface area contributed by atoms with E-state index in [1.165, 1.54) is 11.3 Å². The van der Waals surface area contributed by atoms with E-state index in [-0.39, 0.29) is 5.97 Å². The maximum atomic E-state index is 12.2. The average molecular weight is 349 g/mol. The first-order valence-electron chi connectivity index (χ1n) is 7.88. The monoisotopic (exact) mass is 349 g/mol. The van der Waals surface area contributed by atoms with Crippen LogP contribution < -0.4 is 4.90 Å². The van der Waals surface area contributed by atoms with Gasteiger partial charge in [0.15, 0.2) is 0 Å². The van der Waals surface area contributed by atoms with Gasteiger partial charge in [0, 0.05) is 6.54 Å². The van der Waals surface area contributed by atoms with Gasteiger partial charge in [-0.25, -0.2) is 19.6 Å². The molecule has 128 valence electrons. The standard InChI is InChI=1S/C16H19N3O4S/c1-4-23-16(22)12-8(2)11-13(17-9(3)18-14(11)24-12)19-7-5-6-10(19)15(20)21/h10H,4-7H2,1-3H3,(H,20,21)/t10-/m0/s1. The number of aliphatic carboxylic acids is 1. The zero-order valence-electron chi connectivity index (χ0n) is 13.8. The Morgan fingerprint density at radius 2 is 2.12 bits per heavy atom. The van der Waals surface area contributed by atoms with Crippen molar-refractivity contribution in [2.45, 2.75) is 39.7 Å². The highest BCUT2D eigenvalue weighted by Crippen LogP contribution is 2.38. The summed E-state index contributed by atoms with van der Waals surface area (Å²) in [4.78, 5) is 35.6. The molecule has 0 saturated carbocycles. The summed E-state index contributed by atoms with van der Waals surface area (Å²) in [5.41, 5.74) is 0.750. The molecule has 0 radical (unpaired) electrons. The summed E-state index contributed by atoms with van der Waals surface area (Å²) in [5, 5.41) is 10.2. The number of anilines is 1. The van der Waals surface area contributed by atoms with Gasteiger partial charge in [0.2, 0.25) is 0 Å². The van der Waals surface area contributed by atoms with E-state index in [1.54, 1.807) is 13.8 Å². The fourth-order valence-corrected chi connectivity index (χ4v) is 4.21. The van der Waals surface area contributed by atoms with Gasteiger partial charge < -0.3 is 14.7 Å². The van der Waals surface area contributed by atoms with Crippen molar-refractivity contribution in [1.82, 2.24) is 9.97 Å². The van der Waals surface area contributed by atoms with E-state index in [0.717, 1.165) is 17.4 Å². The molecule has 1 fully saturated rings. The van der Waals surface area contributed by atoms with Crippen LogP contribution in [0.2, 0.25) is 0 Å². The molecular weight excluding hydrogens is 330 g/mol. The first kappa shape index (κ1) is 16.6. The topological polar surface area (TPSA) is 92.6 Å². The SMILES string of the molecule is CCOC(=O)c1sc2nc(C)nc(N3CCC[C@H]3C(=O)O)c2c1C. The number of fused-ring (bicyclic) bond motifs is 1. The van der Waals surface area contributed by atoms with Crippen molar-refractivity contribution in [3.05, 3.63) is 16.3 Å². The van der Waals surface area contributed by atoms with Crippen LogP contribution in [0.3, 0.4) is 0 Å². The molecule has 1 aliphatic heterocycles. The van der Waals surface area contributed by atoms with Crippen molar-refractivity contribution in [2.24, 2.45) is 0 Å². The summed E-state index contributed by atoms with van der Waals surface area (Å²) in [6.45, 7) is 6.30. The molecule has 0 amide bonds. The highest BCUT2D eigenvalue weighted by Gasteiger charge is 2.34. The Hall–Kier alpha value is -2.22. The highest BCUT2D eigenvalue weighted by molar-refractivity contribution is 7.20. The fourth-order valence-electron chi connectivity index (χ4n) is 3.10. The summed E-state index contributed by atoms with van der Waals surface area (Å²) in [6.07, 6.45) is 1.39. The van der Waals surface area contributed by atoms with Gasteiger partial charge >= 0.3 is 11.9 Å². The number of esters is 1. The molecule has 1 saturated heterocycles. The van der Waals surface area contributed by atoms with Gasteiger partial charge in [-0.2, -0.15) is 0 Å². The molecular formula is C16H19N3O4S. The second-order valence-corrected chi connectivity index (χ2v) is 6.74. The Morgan fingerprint density at radius 3 is 2.79 bits per heavy atom. The van der Waals surface area contributed by atoms with Gasteiger partial charge in [-0.15, -0.1) is 11.3 Å². The molecule has 3 heterocycles. The maximum absolute atomic E-state index is 12.2. The van der Waals surface area contributed by atoms with Crippen molar-refractivity contribution in [3.63, 3.8) is 0 Å². The number of hydrogen-bond acceptors (Lipinski definition) is 7. The zero-order chi connectivity index (χ0) is 17.4. The summed E-state index contributed by atoms with van der Waals surface area (Å²) >= 11 is 1.27. The van der Waals surface area contributed by atoms with E-state index < -0.39 is 12.0 Å². The number of carbonyl (C=O) groups is 2. The average Bonchev–Trinajstić information content (AvgIpc) is 3.12. The first-order chi connectivity index (χ1) is 11.4. The Bertz CT molecular complexity index is 817. The third-order valence-electron chi connectivity index (χ3n) is 4.15. The number of hydrogen-bond donors (Lipinski definition) is 1. The van der Waals surface area contributed by atoms with E-state index in [4.69, 9.17) is 4.74 Å². The van der Waals surface area contributed by atoms with Crippen LogP contribution in [0.5, 0.6) is 0 Å². The van der Waals surface area contributed by atoms with Gasteiger partial charge in [-0.3, -0.25) is 0 Å². The quantitative estimate of drug-likeness (QED) is 0.848. The lowest BCUT2D eigenvalue weighted by molar-refractivity contribution is -0.138. The van der Waals surface area contributed by atoms with Crippen LogP contribution in [0.4, 0.5) is 5.82 Å². The molecule has 0 aromatic carbocycles. The largest absolute Gasteiger partial charge is 0.480 e. The number of rotatable bonds is 4. The summed E-state index contributed by atoms with van der Waals surface area (Å²) in [5.74, 6) is -0.0647. The molecule has 8 heteroatoms. The van der Waals surface area contributed by atoms with Crippen LogP contribution in [0.25, 0.3) is 10.2 Å². The first-order valence-corrected chi connectivity index (χ1v) is 8.70. The molecule has 0 unspecified atom stereocenters. The van der Waals surface area contributed by atoms with Crippen LogP contribution in [0.15, 0.2) is 0 Å². The lowest BCUT2D eigenvalue weighted by atomic mass is 10.1. The smallest absolute Gasteiger partial charge is 0.348 e. The molecule has 1 N–H and O–H groups in total. The Morgan fingerprint density at radius 1 is 1.38 bits per heavy atom. The fraction of sp³-hybridized carbons (Fsp3) is 0.500. The van der Waals surface area contributed by atoms with Gasteiger partial charge in [0.1, 0.15) is 27.4 Å². The number of carboxylic acid groups (broad SMARTS) is 1. The van der Waals surface area contributed by atoms with Crippen LogP contribution >= 0.6 is 11.3 Å². The van der Waals surface area contributed by atoms with E-state index in [1.807, 2.05) is 11.8 Å². The minimum Gasteiger partial charge on any atom is -0.480 e. The van der Waals surface area contributed by atoms with Gasteiger partial charge in [0.05, 0.1) is 12.0 Å². The number of nitrogens with zero attached hydrogens (tertiary/aromatic N) is 3. The maximum Gasteiger partial charge on any atom is 0.348 e. The number of carbonyl (C=O) groups excluding carboxylic acids is 1. The van der Waals surface area contributed by atoms with E-state index in [2.05, 4.69) is 9.97 Å². The number of carboxylic acids is 1. The molecule has 0 aliphatic carbocycles. The normalized spacial score (nSPS) is 17.5. The summed E-state index contributed by atoms with van der Waals surface area (Å²) in [6, 6.07) is -0.590. The molecule has 0 spiro atoms. The molecule has 2 aromatic rings.